The van der Waals surface area contributed by atoms with E-state index in [4.69, 9.17) is 17.3 Å². The molecule has 0 aromatic heterocycles. The van der Waals surface area contributed by atoms with Gasteiger partial charge < -0.3 is 15.8 Å². The Labute approximate surface area is 130 Å². The van der Waals surface area contributed by atoms with Crippen LogP contribution in [0.3, 0.4) is 0 Å². The van der Waals surface area contributed by atoms with Crippen molar-refractivity contribution < 1.29 is 9.53 Å². The van der Waals surface area contributed by atoms with E-state index in [0.29, 0.717) is 22.0 Å². The van der Waals surface area contributed by atoms with Crippen molar-refractivity contribution in [3.63, 3.8) is 0 Å². The molecule has 0 atom stereocenters. The lowest BCUT2D eigenvalue weighted by Crippen LogP contribution is -2.04. The van der Waals surface area contributed by atoms with Gasteiger partial charge in [-0.25, -0.2) is 4.79 Å². The van der Waals surface area contributed by atoms with E-state index in [-0.39, 0.29) is 0 Å². The van der Waals surface area contributed by atoms with Crippen LogP contribution >= 0.6 is 27.5 Å². The highest BCUT2D eigenvalue weighted by molar-refractivity contribution is 9.10. The number of nitrogens with one attached hydrogen (secondary N) is 1. The monoisotopic (exact) mass is 354 g/mol. The zero-order chi connectivity index (χ0) is 14.7. The quantitative estimate of drug-likeness (QED) is 0.639. The van der Waals surface area contributed by atoms with Gasteiger partial charge in [-0.1, -0.05) is 11.6 Å². The molecule has 2 aromatic rings. The van der Waals surface area contributed by atoms with Crippen molar-refractivity contribution >= 4 is 50.6 Å². The lowest BCUT2D eigenvalue weighted by molar-refractivity contribution is 0.0601. The normalized spacial score (nSPS) is 10.2. The van der Waals surface area contributed by atoms with Gasteiger partial charge in [0.15, 0.2) is 0 Å². The Bertz CT molecular complexity index is 662. The lowest BCUT2D eigenvalue weighted by Gasteiger charge is -2.12. The van der Waals surface area contributed by atoms with Crippen LogP contribution in [0, 0.1) is 0 Å². The highest BCUT2D eigenvalue weighted by Crippen LogP contribution is 2.31. The maximum Gasteiger partial charge on any atom is 0.337 e. The van der Waals surface area contributed by atoms with Gasteiger partial charge in [-0.2, -0.15) is 0 Å². The van der Waals surface area contributed by atoms with Crippen molar-refractivity contribution in [3.05, 3.63) is 51.5 Å². The summed E-state index contributed by atoms with van der Waals surface area (Å²) in [6, 6.07) is 10.2. The molecule has 2 aromatic carbocycles. The number of hydrogen-bond donors (Lipinski definition) is 2. The number of esters is 1. The van der Waals surface area contributed by atoms with Gasteiger partial charge in [0.25, 0.3) is 0 Å². The summed E-state index contributed by atoms with van der Waals surface area (Å²) in [5.74, 6) is -0.414. The van der Waals surface area contributed by atoms with Crippen LogP contribution < -0.4 is 11.1 Å². The van der Waals surface area contributed by atoms with Crippen molar-refractivity contribution in [2.75, 3.05) is 18.2 Å². The van der Waals surface area contributed by atoms with Crippen LogP contribution in [0.5, 0.6) is 0 Å². The SMILES string of the molecule is COC(=O)c1ccc(N)c(Nc2ccc(Cl)cc2Br)c1. The molecule has 0 bridgehead atoms. The van der Waals surface area contributed by atoms with Crippen LogP contribution in [-0.2, 0) is 4.74 Å². The highest BCUT2D eigenvalue weighted by Gasteiger charge is 2.09. The number of halogens is 2. The van der Waals surface area contributed by atoms with E-state index in [1.165, 1.54) is 7.11 Å². The van der Waals surface area contributed by atoms with Gasteiger partial charge in [0.05, 0.1) is 29.7 Å². The molecular formula is C14H12BrClN2O2. The predicted molar refractivity (Wildman–Crippen MR) is 84.6 cm³/mol. The Morgan fingerprint density at radius 3 is 2.65 bits per heavy atom. The molecule has 4 nitrogen and oxygen atoms in total. The van der Waals surface area contributed by atoms with Gasteiger partial charge in [0, 0.05) is 9.50 Å². The molecule has 6 heteroatoms. The first-order chi connectivity index (χ1) is 9.51. The van der Waals surface area contributed by atoms with Gasteiger partial charge in [0.2, 0.25) is 0 Å². The molecular weight excluding hydrogens is 344 g/mol. The van der Waals surface area contributed by atoms with Gasteiger partial charge >= 0.3 is 5.97 Å². The molecule has 104 valence electrons. The zero-order valence-electron chi connectivity index (χ0n) is 10.6. The molecule has 0 aliphatic heterocycles. The van der Waals surface area contributed by atoms with Crippen LogP contribution in [0.15, 0.2) is 40.9 Å². The first-order valence-electron chi connectivity index (χ1n) is 5.71. The fraction of sp³-hybridized carbons (Fsp3) is 0.0714. The molecule has 20 heavy (non-hydrogen) atoms. The third-order valence-corrected chi connectivity index (χ3v) is 3.57. The van der Waals surface area contributed by atoms with Crippen LogP contribution in [0.4, 0.5) is 17.1 Å². The topological polar surface area (TPSA) is 64.3 Å². The summed E-state index contributed by atoms with van der Waals surface area (Å²) in [6.45, 7) is 0. The third-order valence-electron chi connectivity index (χ3n) is 2.67. The second-order valence-corrected chi connectivity index (χ2v) is 5.33. The molecule has 2 rings (SSSR count). The first kappa shape index (κ1) is 14.7. The first-order valence-corrected chi connectivity index (χ1v) is 6.88. The standard InChI is InChI=1S/C14H12BrClN2O2/c1-20-14(19)8-2-4-11(17)13(6-8)18-12-5-3-9(16)7-10(12)15/h2-7,18H,17H2,1H3. The van der Waals surface area contributed by atoms with Gasteiger partial charge in [-0.15, -0.1) is 0 Å². The molecule has 0 spiro atoms. The van der Waals surface area contributed by atoms with E-state index in [1.54, 1.807) is 30.3 Å². The summed E-state index contributed by atoms with van der Waals surface area (Å²) < 4.78 is 5.49. The Morgan fingerprint density at radius 2 is 2.00 bits per heavy atom. The third kappa shape index (κ3) is 3.23. The fourth-order valence-electron chi connectivity index (χ4n) is 1.65. The van der Waals surface area contributed by atoms with Crippen LogP contribution in [-0.4, -0.2) is 13.1 Å². The minimum atomic E-state index is -0.414. The maximum absolute atomic E-state index is 11.5. The number of anilines is 3. The fourth-order valence-corrected chi connectivity index (χ4v) is 2.43. The van der Waals surface area contributed by atoms with E-state index in [1.807, 2.05) is 6.07 Å². The average molecular weight is 356 g/mol. The van der Waals surface area contributed by atoms with Crippen molar-refractivity contribution in [3.8, 4) is 0 Å². The van der Waals surface area contributed by atoms with Crippen molar-refractivity contribution in [2.24, 2.45) is 0 Å². The zero-order valence-corrected chi connectivity index (χ0v) is 13.0. The number of methoxy groups -OCH3 is 1. The summed E-state index contributed by atoms with van der Waals surface area (Å²) in [5.41, 5.74) is 8.27. The second kappa shape index (κ2) is 6.15. The Morgan fingerprint density at radius 1 is 1.25 bits per heavy atom. The number of rotatable bonds is 3. The molecule has 0 aliphatic rings. The molecule has 0 fully saturated rings. The van der Waals surface area contributed by atoms with Gasteiger partial charge in [0.1, 0.15) is 0 Å². The largest absolute Gasteiger partial charge is 0.465 e. The van der Waals surface area contributed by atoms with E-state index in [9.17, 15) is 4.79 Å². The number of hydrogen-bond acceptors (Lipinski definition) is 4. The summed E-state index contributed by atoms with van der Waals surface area (Å²) in [6.07, 6.45) is 0. The number of carbonyl (C=O) groups is 1. The Hall–Kier alpha value is -1.72. The van der Waals surface area contributed by atoms with Gasteiger partial charge in [-0.05, 0) is 52.3 Å². The molecule has 3 N–H and O–H groups in total. The lowest BCUT2D eigenvalue weighted by atomic mass is 10.1. The smallest absolute Gasteiger partial charge is 0.337 e. The van der Waals surface area contributed by atoms with E-state index < -0.39 is 5.97 Å². The Kier molecular flexibility index (Phi) is 4.52. The minimum Gasteiger partial charge on any atom is -0.465 e. The summed E-state index contributed by atoms with van der Waals surface area (Å²) in [7, 11) is 1.33. The molecule has 0 saturated carbocycles. The summed E-state index contributed by atoms with van der Waals surface area (Å²) >= 11 is 9.30. The summed E-state index contributed by atoms with van der Waals surface area (Å²) in [4.78, 5) is 11.5. The maximum atomic E-state index is 11.5. The molecule has 0 heterocycles. The van der Waals surface area contributed by atoms with Gasteiger partial charge in [-0.3, -0.25) is 0 Å². The highest BCUT2D eigenvalue weighted by atomic mass is 79.9. The molecule has 0 radical (unpaired) electrons. The molecule has 0 amide bonds. The van der Waals surface area contributed by atoms with Crippen LogP contribution in [0.2, 0.25) is 5.02 Å². The van der Waals surface area contributed by atoms with E-state index in [2.05, 4.69) is 26.0 Å². The number of benzene rings is 2. The second-order valence-electron chi connectivity index (χ2n) is 4.04. The number of nitrogen functional groups attached to an aromatic ring is 1. The number of carbonyl (C=O) groups excluding carboxylic acids is 1. The van der Waals surface area contributed by atoms with Crippen molar-refractivity contribution in [2.45, 2.75) is 0 Å². The number of nitrogens with two attached hydrogens (primary N) is 1. The van der Waals surface area contributed by atoms with Crippen molar-refractivity contribution in [1.29, 1.82) is 0 Å². The summed E-state index contributed by atoms with van der Waals surface area (Å²) in [5, 5.41) is 3.77. The van der Waals surface area contributed by atoms with Crippen molar-refractivity contribution in [1.82, 2.24) is 0 Å². The molecule has 0 aliphatic carbocycles. The number of ether oxygens (including phenoxy) is 1. The minimum absolute atomic E-state index is 0.414. The predicted octanol–water partition coefficient (Wildman–Crippen LogP) is 4.21. The molecule has 0 unspecified atom stereocenters. The van der Waals surface area contributed by atoms with Crippen LogP contribution in [0.1, 0.15) is 10.4 Å². The van der Waals surface area contributed by atoms with E-state index in [0.717, 1.165) is 10.2 Å². The molecule has 0 saturated heterocycles. The Balaban J connectivity index is 2.35. The average Bonchev–Trinajstić information content (AvgIpc) is 2.43. The van der Waals surface area contributed by atoms with Crippen LogP contribution in [0.25, 0.3) is 0 Å². The van der Waals surface area contributed by atoms with E-state index >= 15 is 0 Å².